The maximum atomic E-state index is 4.63. The number of aromatic nitrogens is 5. The summed E-state index contributed by atoms with van der Waals surface area (Å²) in [6.45, 7) is 0. The van der Waals surface area contributed by atoms with Crippen LogP contribution in [-0.4, -0.2) is 24.7 Å². The number of aryl methyl sites for hydroxylation is 1. The summed E-state index contributed by atoms with van der Waals surface area (Å²) in [5.74, 6) is 0.809. The molecule has 1 aromatic carbocycles. The summed E-state index contributed by atoms with van der Waals surface area (Å²) in [5.41, 5.74) is 4.74. The predicted molar refractivity (Wildman–Crippen MR) is 81.5 cm³/mol. The first-order valence-corrected chi connectivity index (χ1v) is 6.71. The van der Waals surface area contributed by atoms with Crippen LogP contribution in [-0.2, 0) is 7.05 Å². The summed E-state index contributed by atoms with van der Waals surface area (Å²) < 4.78 is 1.80. The lowest BCUT2D eigenvalue weighted by molar-refractivity contribution is 0.790. The van der Waals surface area contributed by atoms with Gasteiger partial charge in [-0.3, -0.25) is 4.98 Å². The van der Waals surface area contributed by atoms with Crippen LogP contribution in [0, 0.1) is 0 Å². The van der Waals surface area contributed by atoms with Crippen molar-refractivity contribution in [3.8, 4) is 22.6 Å². The lowest BCUT2D eigenvalue weighted by Gasteiger charge is -1.97. The number of imidazole rings is 1. The first kappa shape index (κ1) is 11.8. The van der Waals surface area contributed by atoms with Gasteiger partial charge in [0.05, 0.1) is 0 Å². The Hall–Kier alpha value is -2.95. The molecule has 21 heavy (non-hydrogen) atoms. The Morgan fingerprint density at radius 2 is 1.81 bits per heavy atom. The average Bonchev–Trinajstić information content (AvgIpc) is 3.10. The SMILES string of the molecule is Cn1nc(-c2ccccc2)c2[nH]c(-c3cccnc3)nc21. The predicted octanol–water partition coefficient (Wildman–Crippen LogP) is 3.03. The quantitative estimate of drug-likeness (QED) is 0.611. The molecule has 0 aliphatic rings. The molecule has 0 spiro atoms. The van der Waals surface area contributed by atoms with Crippen molar-refractivity contribution in [3.63, 3.8) is 0 Å². The Kier molecular flexibility index (Phi) is 2.57. The molecule has 0 saturated heterocycles. The molecule has 3 heterocycles. The lowest BCUT2D eigenvalue weighted by Crippen LogP contribution is -1.92. The van der Waals surface area contributed by atoms with Crippen LogP contribution in [0.2, 0.25) is 0 Å². The maximum Gasteiger partial charge on any atom is 0.177 e. The molecule has 0 aliphatic carbocycles. The highest BCUT2D eigenvalue weighted by Crippen LogP contribution is 2.28. The third kappa shape index (κ3) is 1.90. The molecule has 1 N–H and O–H groups in total. The Morgan fingerprint density at radius 1 is 1.00 bits per heavy atom. The molecule has 0 amide bonds. The van der Waals surface area contributed by atoms with Crippen molar-refractivity contribution < 1.29 is 0 Å². The highest BCUT2D eigenvalue weighted by molar-refractivity contribution is 5.90. The normalized spacial score (nSPS) is 11.1. The number of aromatic amines is 1. The highest BCUT2D eigenvalue weighted by atomic mass is 15.3. The number of pyridine rings is 1. The van der Waals surface area contributed by atoms with Crippen LogP contribution in [0.5, 0.6) is 0 Å². The molecule has 4 rings (SSSR count). The molecular weight excluding hydrogens is 262 g/mol. The molecule has 4 aromatic rings. The van der Waals surface area contributed by atoms with Crippen molar-refractivity contribution in [3.05, 3.63) is 54.9 Å². The fourth-order valence-electron chi connectivity index (χ4n) is 2.45. The van der Waals surface area contributed by atoms with E-state index in [1.165, 1.54) is 0 Å². The van der Waals surface area contributed by atoms with Crippen LogP contribution < -0.4 is 0 Å². The largest absolute Gasteiger partial charge is 0.335 e. The number of hydrogen-bond acceptors (Lipinski definition) is 3. The molecule has 0 aliphatic heterocycles. The van der Waals surface area contributed by atoms with Crippen molar-refractivity contribution in [2.24, 2.45) is 7.05 Å². The van der Waals surface area contributed by atoms with Gasteiger partial charge in [-0.15, -0.1) is 0 Å². The molecule has 0 unspecified atom stereocenters. The van der Waals surface area contributed by atoms with E-state index in [2.05, 4.69) is 20.1 Å². The van der Waals surface area contributed by atoms with E-state index in [-0.39, 0.29) is 0 Å². The Balaban J connectivity index is 1.93. The summed E-state index contributed by atoms with van der Waals surface area (Å²) in [6.07, 6.45) is 3.55. The maximum absolute atomic E-state index is 4.63. The Bertz CT molecular complexity index is 890. The summed E-state index contributed by atoms with van der Waals surface area (Å²) >= 11 is 0. The van der Waals surface area contributed by atoms with Gasteiger partial charge in [-0.05, 0) is 12.1 Å². The fraction of sp³-hybridized carbons (Fsp3) is 0.0625. The number of hydrogen-bond donors (Lipinski definition) is 1. The fourth-order valence-corrected chi connectivity index (χ4v) is 2.45. The number of rotatable bonds is 2. The number of nitrogens with one attached hydrogen (secondary N) is 1. The van der Waals surface area contributed by atoms with Gasteiger partial charge in [0, 0.05) is 30.6 Å². The molecule has 102 valence electrons. The van der Waals surface area contributed by atoms with E-state index in [0.29, 0.717) is 0 Å². The highest BCUT2D eigenvalue weighted by Gasteiger charge is 2.15. The second-order valence-electron chi connectivity index (χ2n) is 4.86. The molecule has 0 atom stereocenters. The van der Waals surface area contributed by atoms with Crippen molar-refractivity contribution in [2.75, 3.05) is 0 Å². The van der Waals surface area contributed by atoms with Gasteiger partial charge in [0.25, 0.3) is 0 Å². The van der Waals surface area contributed by atoms with E-state index in [4.69, 9.17) is 0 Å². The standard InChI is InChI=1S/C16H13N5/c1-21-16-14(13(20-21)11-6-3-2-4-7-11)18-15(19-16)12-8-5-9-17-10-12/h2-10H,1H3,(H,18,19). The van der Waals surface area contributed by atoms with Gasteiger partial charge < -0.3 is 4.98 Å². The Morgan fingerprint density at radius 3 is 2.57 bits per heavy atom. The van der Waals surface area contributed by atoms with E-state index in [9.17, 15) is 0 Å². The van der Waals surface area contributed by atoms with Crippen LogP contribution >= 0.6 is 0 Å². The number of nitrogens with zero attached hydrogens (tertiary/aromatic N) is 4. The zero-order valence-corrected chi connectivity index (χ0v) is 11.5. The molecular formula is C16H13N5. The van der Waals surface area contributed by atoms with Crippen LogP contribution in [0.25, 0.3) is 33.8 Å². The van der Waals surface area contributed by atoms with Gasteiger partial charge in [0.2, 0.25) is 0 Å². The van der Waals surface area contributed by atoms with Crippen LogP contribution in [0.1, 0.15) is 0 Å². The minimum atomic E-state index is 0.809. The van der Waals surface area contributed by atoms with E-state index in [1.54, 1.807) is 17.1 Å². The van der Waals surface area contributed by atoms with Gasteiger partial charge in [-0.25, -0.2) is 9.67 Å². The van der Waals surface area contributed by atoms with Crippen LogP contribution in [0.4, 0.5) is 0 Å². The number of benzene rings is 1. The summed E-state index contributed by atoms with van der Waals surface area (Å²) in [5, 5.41) is 4.56. The topological polar surface area (TPSA) is 59.4 Å². The second kappa shape index (κ2) is 4.56. The van der Waals surface area contributed by atoms with E-state index in [0.717, 1.165) is 33.8 Å². The van der Waals surface area contributed by atoms with Crippen molar-refractivity contribution in [1.29, 1.82) is 0 Å². The van der Waals surface area contributed by atoms with Gasteiger partial charge in [-0.1, -0.05) is 30.3 Å². The third-order valence-corrected chi connectivity index (χ3v) is 3.46. The van der Waals surface area contributed by atoms with E-state index < -0.39 is 0 Å². The van der Waals surface area contributed by atoms with Crippen LogP contribution in [0.15, 0.2) is 54.9 Å². The third-order valence-electron chi connectivity index (χ3n) is 3.46. The summed E-state index contributed by atoms with van der Waals surface area (Å²) in [6, 6.07) is 14.0. The molecule has 5 heteroatoms. The summed E-state index contributed by atoms with van der Waals surface area (Å²) in [7, 11) is 1.91. The lowest BCUT2D eigenvalue weighted by atomic mass is 10.1. The first-order chi connectivity index (χ1) is 10.3. The van der Waals surface area contributed by atoms with Gasteiger partial charge >= 0.3 is 0 Å². The molecule has 0 bridgehead atoms. The van der Waals surface area contributed by atoms with Gasteiger partial charge in [0.15, 0.2) is 5.65 Å². The van der Waals surface area contributed by atoms with E-state index in [1.807, 2.05) is 49.5 Å². The van der Waals surface area contributed by atoms with E-state index >= 15 is 0 Å². The van der Waals surface area contributed by atoms with Gasteiger partial charge in [-0.2, -0.15) is 5.10 Å². The smallest absolute Gasteiger partial charge is 0.177 e. The van der Waals surface area contributed by atoms with Crippen molar-refractivity contribution in [2.45, 2.75) is 0 Å². The van der Waals surface area contributed by atoms with Crippen molar-refractivity contribution >= 4 is 11.2 Å². The van der Waals surface area contributed by atoms with Gasteiger partial charge in [0.1, 0.15) is 17.0 Å². The number of fused-ring (bicyclic) bond motifs is 1. The summed E-state index contributed by atoms with van der Waals surface area (Å²) in [4.78, 5) is 12.1. The monoisotopic (exact) mass is 275 g/mol. The number of H-pyrrole nitrogens is 1. The minimum Gasteiger partial charge on any atom is -0.335 e. The molecule has 5 nitrogen and oxygen atoms in total. The molecule has 0 saturated carbocycles. The van der Waals surface area contributed by atoms with Crippen LogP contribution in [0.3, 0.4) is 0 Å². The zero-order chi connectivity index (χ0) is 14.2. The molecule has 3 aromatic heterocycles. The molecule has 0 fully saturated rings. The first-order valence-electron chi connectivity index (χ1n) is 6.71. The van der Waals surface area contributed by atoms with Crippen molar-refractivity contribution in [1.82, 2.24) is 24.7 Å². The minimum absolute atomic E-state index is 0.809. The molecule has 0 radical (unpaired) electrons. The average molecular weight is 275 g/mol. The Labute approximate surface area is 121 Å². The zero-order valence-electron chi connectivity index (χ0n) is 11.5. The second-order valence-corrected chi connectivity index (χ2v) is 4.86.